The summed E-state index contributed by atoms with van der Waals surface area (Å²) >= 11 is 0. The van der Waals surface area contributed by atoms with Gasteiger partial charge in [-0.1, -0.05) is 55.8 Å². The van der Waals surface area contributed by atoms with Crippen LogP contribution in [0.1, 0.15) is 37.4 Å². The summed E-state index contributed by atoms with van der Waals surface area (Å²) in [6.07, 6.45) is 0.227. The molecule has 0 spiro atoms. The van der Waals surface area contributed by atoms with Crippen molar-refractivity contribution >= 4 is 23.5 Å². The number of hydrogen-bond donors (Lipinski definition) is 2. The molecule has 0 aliphatic carbocycles. The number of anilines is 1. The van der Waals surface area contributed by atoms with Gasteiger partial charge in [-0.25, -0.2) is 4.90 Å². The van der Waals surface area contributed by atoms with E-state index in [4.69, 9.17) is 4.74 Å². The van der Waals surface area contributed by atoms with Crippen molar-refractivity contribution in [2.75, 3.05) is 12.0 Å². The van der Waals surface area contributed by atoms with Gasteiger partial charge in [-0.3, -0.25) is 19.7 Å². The first kappa shape index (κ1) is 22.0. The van der Waals surface area contributed by atoms with E-state index in [-0.39, 0.29) is 12.3 Å². The van der Waals surface area contributed by atoms with Crippen LogP contribution >= 0.6 is 0 Å². The van der Waals surface area contributed by atoms with Gasteiger partial charge >= 0.3 is 5.97 Å². The van der Waals surface area contributed by atoms with Crippen LogP contribution in [0, 0.1) is 24.7 Å². The lowest BCUT2D eigenvalue weighted by atomic mass is 9.75. The van der Waals surface area contributed by atoms with Crippen molar-refractivity contribution in [3.63, 3.8) is 0 Å². The topological polar surface area (TPSA) is 95.9 Å². The standard InChI is InChI=1S/C25H28N2O5/c1-14(2)13-25(24(30)31)20-19(21(26-25)16-11-9-15(3)10-12-16)22(28)27(23(20)29)17-7-5-6-8-18(17)32-4/h5-12,14,19-21,26H,13H2,1-4H3,(H,30,31)/t19-,20-,21-,25-/m0/s1. The van der Waals surface area contributed by atoms with Crippen molar-refractivity contribution in [1.29, 1.82) is 0 Å². The molecule has 0 aromatic heterocycles. The van der Waals surface area contributed by atoms with Gasteiger partial charge in [0.05, 0.1) is 24.6 Å². The number of hydrogen-bond acceptors (Lipinski definition) is 5. The SMILES string of the molecule is COc1ccccc1N1C(=O)[C@H]2[C@@H](C1=O)[C@@](CC(C)C)(C(=O)O)N[C@H]2c1ccc(C)cc1. The number of carboxylic acids is 1. The molecule has 2 aromatic rings. The molecule has 2 heterocycles. The fourth-order valence-corrected chi connectivity index (χ4v) is 5.23. The molecule has 2 fully saturated rings. The number of imide groups is 1. The Bertz CT molecular complexity index is 1060. The molecule has 2 aliphatic rings. The molecule has 2 N–H and O–H groups in total. The van der Waals surface area contributed by atoms with E-state index >= 15 is 0 Å². The number of aryl methyl sites for hydroxylation is 1. The third-order valence-electron chi connectivity index (χ3n) is 6.53. The van der Waals surface area contributed by atoms with Crippen molar-refractivity contribution in [2.45, 2.75) is 38.8 Å². The van der Waals surface area contributed by atoms with Crippen LogP contribution in [0.15, 0.2) is 48.5 Å². The lowest BCUT2D eigenvalue weighted by Crippen LogP contribution is -2.56. The van der Waals surface area contributed by atoms with Gasteiger partial charge in [0.1, 0.15) is 11.3 Å². The lowest BCUT2D eigenvalue weighted by Gasteiger charge is -2.32. The Balaban J connectivity index is 1.88. The number of carboxylic acid groups (broad SMARTS) is 1. The fraction of sp³-hybridized carbons (Fsp3) is 0.400. The first-order valence-electron chi connectivity index (χ1n) is 10.8. The highest BCUT2D eigenvalue weighted by Crippen LogP contribution is 2.52. The number of nitrogens with zero attached hydrogens (tertiary/aromatic N) is 1. The highest BCUT2D eigenvalue weighted by molar-refractivity contribution is 6.24. The normalized spacial score (nSPS) is 27.2. The van der Waals surface area contributed by atoms with Gasteiger partial charge in [0.15, 0.2) is 0 Å². The molecule has 0 unspecified atom stereocenters. The molecule has 2 aromatic carbocycles. The van der Waals surface area contributed by atoms with E-state index in [1.807, 2.05) is 45.0 Å². The van der Waals surface area contributed by atoms with Gasteiger partial charge in [-0.2, -0.15) is 0 Å². The zero-order chi connectivity index (χ0) is 23.2. The van der Waals surface area contributed by atoms with E-state index in [1.54, 1.807) is 24.3 Å². The Morgan fingerprint density at radius 3 is 2.38 bits per heavy atom. The summed E-state index contributed by atoms with van der Waals surface area (Å²) in [5.74, 6) is -3.49. The summed E-state index contributed by atoms with van der Waals surface area (Å²) in [6, 6.07) is 13.8. The molecule has 32 heavy (non-hydrogen) atoms. The van der Waals surface area contributed by atoms with Crippen molar-refractivity contribution in [2.24, 2.45) is 17.8 Å². The first-order chi connectivity index (χ1) is 15.2. The van der Waals surface area contributed by atoms with Crippen molar-refractivity contribution in [3.05, 3.63) is 59.7 Å². The number of nitrogens with one attached hydrogen (secondary N) is 1. The second-order valence-electron chi connectivity index (χ2n) is 9.09. The quantitative estimate of drug-likeness (QED) is 0.675. The number of amides is 2. The molecular weight excluding hydrogens is 408 g/mol. The lowest BCUT2D eigenvalue weighted by molar-refractivity contribution is -0.149. The minimum Gasteiger partial charge on any atom is -0.495 e. The minimum absolute atomic E-state index is 0.000712. The molecule has 168 valence electrons. The largest absolute Gasteiger partial charge is 0.495 e. The summed E-state index contributed by atoms with van der Waals surface area (Å²) in [5, 5.41) is 13.6. The van der Waals surface area contributed by atoms with Crippen molar-refractivity contribution in [3.8, 4) is 5.75 Å². The van der Waals surface area contributed by atoms with Crippen LogP contribution in [0.25, 0.3) is 0 Å². The molecule has 2 amide bonds. The van der Waals surface area contributed by atoms with Crippen LogP contribution in [0.4, 0.5) is 5.69 Å². The maximum Gasteiger partial charge on any atom is 0.324 e. The van der Waals surface area contributed by atoms with Crippen LogP contribution in [-0.2, 0) is 14.4 Å². The number of methoxy groups -OCH3 is 1. The Morgan fingerprint density at radius 1 is 1.12 bits per heavy atom. The first-order valence-corrected chi connectivity index (χ1v) is 10.8. The average Bonchev–Trinajstić information content (AvgIpc) is 3.22. The Kier molecular flexibility index (Phi) is 5.54. The third-order valence-corrected chi connectivity index (χ3v) is 6.53. The number of fused-ring (bicyclic) bond motifs is 1. The van der Waals surface area contributed by atoms with E-state index < -0.39 is 41.2 Å². The third kappa shape index (κ3) is 3.28. The Morgan fingerprint density at radius 2 is 1.78 bits per heavy atom. The summed E-state index contributed by atoms with van der Waals surface area (Å²) < 4.78 is 5.39. The summed E-state index contributed by atoms with van der Waals surface area (Å²) in [5.41, 5.74) is 0.642. The highest BCUT2D eigenvalue weighted by atomic mass is 16.5. The maximum atomic E-state index is 13.7. The number of ether oxygens (including phenoxy) is 1. The number of carbonyl (C=O) groups excluding carboxylic acids is 2. The highest BCUT2D eigenvalue weighted by Gasteiger charge is 2.68. The molecule has 2 aliphatic heterocycles. The molecule has 0 saturated carbocycles. The molecule has 7 heteroatoms. The van der Waals surface area contributed by atoms with Gasteiger partial charge < -0.3 is 9.84 Å². The smallest absolute Gasteiger partial charge is 0.324 e. The molecular formula is C25H28N2O5. The van der Waals surface area contributed by atoms with E-state index in [0.717, 1.165) is 16.0 Å². The predicted octanol–water partition coefficient (Wildman–Crippen LogP) is 3.32. The molecule has 4 atom stereocenters. The van der Waals surface area contributed by atoms with Crippen LogP contribution in [0.2, 0.25) is 0 Å². The number of benzene rings is 2. The van der Waals surface area contributed by atoms with Gasteiger partial charge in [0.2, 0.25) is 11.8 Å². The zero-order valence-corrected chi connectivity index (χ0v) is 18.7. The van der Waals surface area contributed by atoms with Crippen LogP contribution in [-0.4, -0.2) is 35.5 Å². The molecule has 0 radical (unpaired) electrons. The summed E-state index contributed by atoms with van der Waals surface area (Å²) in [4.78, 5) is 41.3. The van der Waals surface area contributed by atoms with E-state index in [1.165, 1.54) is 7.11 Å². The molecule has 7 nitrogen and oxygen atoms in total. The average molecular weight is 437 g/mol. The van der Waals surface area contributed by atoms with Crippen LogP contribution in [0.3, 0.4) is 0 Å². The molecule has 0 bridgehead atoms. The van der Waals surface area contributed by atoms with E-state index in [0.29, 0.717) is 11.4 Å². The Labute approximate surface area is 187 Å². The van der Waals surface area contributed by atoms with Gasteiger partial charge in [-0.15, -0.1) is 0 Å². The van der Waals surface area contributed by atoms with Crippen molar-refractivity contribution < 1.29 is 24.2 Å². The second kappa shape index (κ2) is 8.06. The monoisotopic (exact) mass is 436 g/mol. The zero-order valence-electron chi connectivity index (χ0n) is 18.7. The van der Waals surface area contributed by atoms with Crippen LogP contribution in [0.5, 0.6) is 5.75 Å². The van der Waals surface area contributed by atoms with E-state index in [9.17, 15) is 19.5 Å². The summed E-state index contributed by atoms with van der Waals surface area (Å²) in [6.45, 7) is 5.79. The molecule has 2 saturated heterocycles. The van der Waals surface area contributed by atoms with Crippen molar-refractivity contribution in [1.82, 2.24) is 5.32 Å². The second-order valence-corrected chi connectivity index (χ2v) is 9.09. The predicted molar refractivity (Wildman–Crippen MR) is 119 cm³/mol. The number of rotatable bonds is 6. The Hall–Kier alpha value is -3.19. The number of para-hydroxylation sites is 2. The van der Waals surface area contributed by atoms with Crippen LogP contribution < -0.4 is 15.0 Å². The maximum absolute atomic E-state index is 13.7. The minimum atomic E-state index is -1.54. The molecule has 4 rings (SSSR count). The fourth-order valence-electron chi connectivity index (χ4n) is 5.23. The summed E-state index contributed by atoms with van der Waals surface area (Å²) in [7, 11) is 1.47. The number of aliphatic carboxylic acids is 1. The van der Waals surface area contributed by atoms with E-state index in [2.05, 4.69) is 5.32 Å². The number of carbonyl (C=O) groups is 3. The van der Waals surface area contributed by atoms with Gasteiger partial charge in [0.25, 0.3) is 0 Å². The van der Waals surface area contributed by atoms with Gasteiger partial charge in [-0.05, 0) is 37.0 Å². The van der Waals surface area contributed by atoms with Gasteiger partial charge in [0, 0.05) is 6.04 Å².